The van der Waals surface area contributed by atoms with Crippen LogP contribution in [0.1, 0.15) is 12.6 Å². The van der Waals surface area contributed by atoms with Crippen LogP contribution in [-0.4, -0.2) is 33.0 Å². The third-order valence-corrected chi connectivity index (χ3v) is 3.05. The van der Waals surface area contributed by atoms with Gasteiger partial charge in [0, 0.05) is 36.9 Å². The van der Waals surface area contributed by atoms with Crippen LogP contribution in [0.15, 0.2) is 18.5 Å². The van der Waals surface area contributed by atoms with Gasteiger partial charge in [0.05, 0.1) is 0 Å². The highest BCUT2D eigenvalue weighted by Gasteiger charge is 2.34. The Morgan fingerprint density at radius 3 is 2.74 bits per heavy atom. The first-order valence-electron chi connectivity index (χ1n) is 5.70. The lowest BCUT2D eigenvalue weighted by molar-refractivity contribution is -0.141. The number of hydrogen-bond donors (Lipinski definition) is 0. The van der Waals surface area contributed by atoms with Crippen molar-refractivity contribution in [1.82, 2.24) is 14.6 Å². The van der Waals surface area contributed by atoms with Gasteiger partial charge in [-0.3, -0.25) is 0 Å². The Balaban J connectivity index is 2.53. The molecule has 0 radical (unpaired) electrons. The SMILES string of the molecule is CCN(CCBr)c1nccn2nc(C(F)(F)F)cc12. The number of alkyl halides is 4. The molecule has 2 aromatic rings. The molecule has 0 aliphatic rings. The summed E-state index contributed by atoms with van der Waals surface area (Å²) >= 11 is 3.32. The minimum absolute atomic E-state index is 0.359. The molecule has 0 saturated heterocycles. The molecule has 2 rings (SSSR count). The Morgan fingerprint density at radius 2 is 2.16 bits per heavy atom. The first-order valence-corrected chi connectivity index (χ1v) is 6.82. The minimum Gasteiger partial charge on any atom is -0.354 e. The maximum Gasteiger partial charge on any atom is 0.435 e. The average Bonchev–Trinajstić information content (AvgIpc) is 2.79. The highest BCUT2D eigenvalue weighted by atomic mass is 79.9. The van der Waals surface area contributed by atoms with Gasteiger partial charge in [0.25, 0.3) is 0 Å². The number of nitrogens with zero attached hydrogens (tertiary/aromatic N) is 4. The third kappa shape index (κ3) is 2.83. The fraction of sp³-hybridized carbons (Fsp3) is 0.455. The Bertz CT molecular complexity index is 567. The Hall–Kier alpha value is -1.31. The fourth-order valence-corrected chi connectivity index (χ4v) is 2.23. The molecule has 19 heavy (non-hydrogen) atoms. The molecule has 2 heterocycles. The Morgan fingerprint density at radius 1 is 1.42 bits per heavy atom. The van der Waals surface area contributed by atoms with Crippen molar-refractivity contribution in [1.29, 1.82) is 0 Å². The largest absolute Gasteiger partial charge is 0.435 e. The van der Waals surface area contributed by atoms with Crippen LogP contribution < -0.4 is 4.90 Å². The zero-order valence-electron chi connectivity index (χ0n) is 10.2. The maximum absolute atomic E-state index is 12.7. The van der Waals surface area contributed by atoms with Crippen molar-refractivity contribution in [2.45, 2.75) is 13.1 Å². The normalized spacial score (nSPS) is 12.1. The van der Waals surface area contributed by atoms with E-state index in [2.05, 4.69) is 26.0 Å². The lowest BCUT2D eigenvalue weighted by Gasteiger charge is -2.21. The fourth-order valence-electron chi connectivity index (χ4n) is 1.81. The predicted octanol–water partition coefficient (Wildman–Crippen LogP) is 2.97. The topological polar surface area (TPSA) is 33.4 Å². The first-order chi connectivity index (χ1) is 8.97. The van der Waals surface area contributed by atoms with E-state index in [4.69, 9.17) is 0 Å². The summed E-state index contributed by atoms with van der Waals surface area (Å²) in [6.07, 6.45) is -1.59. The third-order valence-electron chi connectivity index (χ3n) is 2.70. The molecular weight excluding hydrogens is 325 g/mol. The van der Waals surface area contributed by atoms with E-state index >= 15 is 0 Å². The second kappa shape index (κ2) is 5.36. The van der Waals surface area contributed by atoms with Crippen LogP contribution in [0.2, 0.25) is 0 Å². The highest BCUT2D eigenvalue weighted by molar-refractivity contribution is 9.09. The van der Waals surface area contributed by atoms with Crippen molar-refractivity contribution in [3.05, 3.63) is 24.2 Å². The van der Waals surface area contributed by atoms with Crippen LogP contribution in [-0.2, 0) is 6.18 Å². The molecule has 8 heteroatoms. The minimum atomic E-state index is -4.45. The molecule has 104 valence electrons. The summed E-state index contributed by atoms with van der Waals surface area (Å²) < 4.78 is 39.2. The first kappa shape index (κ1) is 14.1. The smallest absolute Gasteiger partial charge is 0.354 e. The molecule has 0 spiro atoms. The van der Waals surface area contributed by atoms with Gasteiger partial charge in [-0.05, 0) is 6.92 Å². The molecule has 0 fully saturated rings. The van der Waals surface area contributed by atoms with Gasteiger partial charge in [-0.2, -0.15) is 18.3 Å². The van der Waals surface area contributed by atoms with E-state index in [0.717, 1.165) is 6.07 Å². The van der Waals surface area contributed by atoms with Gasteiger partial charge in [-0.15, -0.1) is 0 Å². The van der Waals surface area contributed by atoms with Crippen LogP contribution in [0.3, 0.4) is 0 Å². The molecule has 2 aromatic heterocycles. The van der Waals surface area contributed by atoms with E-state index < -0.39 is 11.9 Å². The standard InChI is InChI=1S/C11H12BrF3N4/c1-2-18(5-3-12)10-8-7-9(11(13,14)15)17-19(8)6-4-16-10/h4,6-7H,2-3,5H2,1H3. The zero-order chi connectivity index (χ0) is 14.0. The number of fused-ring (bicyclic) bond motifs is 1. The van der Waals surface area contributed by atoms with Gasteiger partial charge >= 0.3 is 6.18 Å². The number of rotatable bonds is 4. The van der Waals surface area contributed by atoms with E-state index in [1.54, 1.807) is 0 Å². The quantitative estimate of drug-likeness (QED) is 0.805. The summed E-state index contributed by atoms with van der Waals surface area (Å²) in [6, 6.07) is 1.03. The monoisotopic (exact) mass is 336 g/mol. The second-order valence-electron chi connectivity index (χ2n) is 3.88. The molecule has 0 bridgehead atoms. The van der Waals surface area contributed by atoms with Crippen molar-refractivity contribution in [3.8, 4) is 0 Å². The van der Waals surface area contributed by atoms with E-state index in [1.807, 2.05) is 11.8 Å². The van der Waals surface area contributed by atoms with Crippen LogP contribution in [0.4, 0.5) is 19.0 Å². The molecule has 0 aliphatic heterocycles. The van der Waals surface area contributed by atoms with Gasteiger partial charge < -0.3 is 4.90 Å². The van der Waals surface area contributed by atoms with Gasteiger partial charge in [-0.25, -0.2) is 9.50 Å². The van der Waals surface area contributed by atoms with Crippen molar-refractivity contribution in [3.63, 3.8) is 0 Å². The van der Waals surface area contributed by atoms with Crippen molar-refractivity contribution >= 4 is 27.3 Å². The van der Waals surface area contributed by atoms with Crippen molar-refractivity contribution in [2.24, 2.45) is 0 Å². The molecule has 0 amide bonds. The van der Waals surface area contributed by atoms with Gasteiger partial charge in [0.1, 0.15) is 5.52 Å². The van der Waals surface area contributed by atoms with Gasteiger partial charge in [-0.1, -0.05) is 15.9 Å². The van der Waals surface area contributed by atoms with E-state index in [-0.39, 0.29) is 0 Å². The summed E-state index contributed by atoms with van der Waals surface area (Å²) in [5.41, 5.74) is -0.547. The average molecular weight is 337 g/mol. The Kier molecular flexibility index (Phi) is 3.98. The van der Waals surface area contributed by atoms with Crippen LogP contribution in [0.25, 0.3) is 5.52 Å². The highest BCUT2D eigenvalue weighted by Crippen LogP contribution is 2.30. The zero-order valence-corrected chi connectivity index (χ0v) is 11.7. The van der Waals surface area contributed by atoms with Crippen LogP contribution in [0, 0.1) is 0 Å². The molecule has 0 unspecified atom stereocenters. The van der Waals surface area contributed by atoms with Gasteiger partial charge in [0.15, 0.2) is 11.5 Å². The molecule has 0 saturated carbocycles. The summed E-state index contributed by atoms with van der Waals surface area (Å²) in [5.74, 6) is 0.507. The summed E-state index contributed by atoms with van der Waals surface area (Å²) in [7, 11) is 0. The van der Waals surface area contributed by atoms with E-state index in [9.17, 15) is 13.2 Å². The van der Waals surface area contributed by atoms with E-state index in [1.165, 1.54) is 16.9 Å². The predicted molar refractivity (Wildman–Crippen MR) is 69.7 cm³/mol. The Labute approximate surface area is 116 Å². The molecule has 0 aromatic carbocycles. The molecule has 0 atom stereocenters. The molecule has 4 nitrogen and oxygen atoms in total. The number of anilines is 1. The number of hydrogen-bond acceptors (Lipinski definition) is 3. The summed E-state index contributed by atoms with van der Waals surface area (Å²) in [6.45, 7) is 3.25. The second-order valence-corrected chi connectivity index (χ2v) is 4.67. The van der Waals surface area contributed by atoms with Crippen molar-refractivity contribution < 1.29 is 13.2 Å². The summed E-state index contributed by atoms with van der Waals surface area (Å²) in [4.78, 5) is 6.06. The number of halogens is 4. The van der Waals surface area contributed by atoms with Crippen molar-refractivity contribution in [2.75, 3.05) is 23.3 Å². The molecule has 0 N–H and O–H groups in total. The van der Waals surface area contributed by atoms with E-state index in [0.29, 0.717) is 29.8 Å². The maximum atomic E-state index is 12.7. The lowest BCUT2D eigenvalue weighted by atomic mass is 10.3. The molecular formula is C11H12BrF3N4. The van der Waals surface area contributed by atoms with Crippen LogP contribution >= 0.6 is 15.9 Å². The summed E-state index contributed by atoms with van der Waals surface area (Å²) in [5, 5.41) is 4.25. The number of aromatic nitrogens is 3. The molecule has 0 aliphatic carbocycles. The lowest BCUT2D eigenvalue weighted by Crippen LogP contribution is -2.26. The van der Waals surface area contributed by atoms with Crippen LogP contribution in [0.5, 0.6) is 0 Å². The van der Waals surface area contributed by atoms with Gasteiger partial charge in [0.2, 0.25) is 0 Å².